The van der Waals surface area contributed by atoms with Gasteiger partial charge in [0.15, 0.2) is 0 Å². The summed E-state index contributed by atoms with van der Waals surface area (Å²) < 4.78 is 26.3. The molecule has 5 nitrogen and oxygen atoms in total. The van der Waals surface area contributed by atoms with E-state index in [1.165, 1.54) is 31.3 Å². The molecule has 0 radical (unpaired) electrons. The van der Waals surface area contributed by atoms with Crippen molar-refractivity contribution in [3.05, 3.63) is 51.7 Å². The zero-order chi connectivity index (χ0) is 18.0. The van der Waals surface area contributed by atoms with E-state index in [2.05, 4.69) is 0 Å². The van der Waals surface area contributed by atoms with Crippen LogP contribution in [-0.4, -0.2) is 43.2 Å². The molecule has 0 atom stereocenters. The number of carbonyl (C=O) groups excluding carboxylic acids is 1. The topological polar surface area (TPSA) is 57.7 Å². The van der Waals surface area contributed by atoms with Crippen molar-refractivity contribution >= 4 is 38.9 Å². The van der Waals surface area contributed by atoms with E-state index >= 15 is 0 Å². The van der Waals surface area contributed by atoms with Crippen LogP contribution in [0, 0.1) is 0 Å². The van der Waals surface area contributed by atoms with E-state index in [0.717, 1.165) is 22.0 Å². The minimum absolute atomic E-state index is 0.128. The number of amides is 1. The van der Waals surface area contributed by atoms with Crippen molar-refractivity contribution in [2.24, 2.45) is 0 Å². The number of benzene rings is 1. The van der Waals surface area contributed by atoms with E-state index in [9.17, 15) is 13.2 Å². The van der Waals surface area contributed by atoms with E-state index < -0.39 is 10.0 Å². The maximum absolute atomic E-state index is 12.7. The van der Waals surface area contributed by atoms with Crippen LogP contribution in [0.3, 0.4) is 0 Å². The fraction of sp³-hybridized carbons (Fsp3) is 0.353. The molecule has 134 valence electrons. The van der Waals surface area contributed by atoms with Gasteiger partial charge in [-0.2, -0.15) is 4.31 Å². The van der Waals surface area contributed by atoms with Crippen molar-refractivity contribution < 1.29 is 13.2 Å². The van der Waals surface area contributed by atoms with Gasteiger partial charge in [-0.1, -0.05) is 17.7 Å². The largest absolute Gasteiger partial charge is 0.333 e. The highest BCUT2D eigenvalue weighted by atomic mass is 35.5. The van der Waals surface area contributed by atoms with Crippen molar-refractivity contribution in [1.82, 2.24) is 9.21 Å². The Hall–Kier alpha value is -1.41. The minimum Gasteiger partial charge on any atom is -0.333 e. The molecule has 1 aliphatic carbocycles. The summed E-state index contributed by atoms with van der Waals surface area (Å²) in [5.74, 6) is -0.170. The molecule has 1 aromatic carbocycles. The normalized spacial score (nSPS) is 14.7. The molecule has 0 saturated heterocycles. The molecule has 0 unspecified atom stereocenters. The first-order valence-corrected chi connectivity index (χ1v) is 10.6. The van der Waals surface area contributed by atoms with Gasteiger partial charge < -0.3 is 4.90 Å². The maximum Gasteiger partial charge on any atom is 0.243 e. The highest BCUT2D eigenvalue weighted by molar-refractivity contribution is 7.89. The monoisotopic (exact) mass is 398 g/mol. The molecular weight excluding hydrogens is 380 g/mol. The van der Waals surface area contributed by atoms with Gasteiger partial charge in [0.1, 0.15) is 0 Å². The van der Waals surface area contributed by atoms with Gasteiger partial charge in [0.2, 0.25) is 15.9 Å². The smallest absolute Gasteiger partial charge is 0.243 e. The van der Waals surface area contributed by atoms with Gasteiger partial charge in [-0.05, 0) is 48.6 Å². The molecule has 2 aromatic rings. The molecular formula is C17H19ClN2O3S2. The standard InChI is InChI=1S/C17H19ClN2O3S2/c1-19(25(22,23)16-8-4-13(18)5-9-16)12-17(21)20(14-6-7-14)11-15-3-2-10-24-15/h2-5,8-10,14H,6-7,11-12H2,1H3. The molecule has 8 heteroatoms. The second-order valence-corrected chi connectivity index (χ2v) is 9.56. The van der Waals surface area contributed by atoms with Crippen LogP contribution in [0.1, 0.15) is 17.7 Å². The third-order valence-electron chi connectivity index (χ3n) is 4.09. The summed E-state index contributed by atoms with van der Waals surface area (Å²) in [5.41, 5.74) is 0. The molecule has 1 saturated carbocycles. The fourth-order valence-electron chi connectivity index (χ4n) is 2.53. The van der Waals surface area contributed by atoms with E-state index in [-0.39, 0.29) is 23.4 Å². The second kappa shape index (κ2) is 7.45. The van der Waals surface area contributed by atoms with Crippen LogP contribution in [0.4, 0.5) is 0 Å². The molecule has 1 aromatic heterocycles. The predicted molar refractivity (Wildman–Crippen MR) is 99.2 cm³/mol. The first kappa shape index (κ1) is 18.4. The molecule has 1 amide bonds. The lowest BCUT2D eigenvalue weighted by atomic mass is 10.3. The van der Waals surface area contributed by atoms with Crippen molar-refractivity contribution in [2.45, 2.75) is 30.3 Å². The van der Waals surface area contributed by atoms with E-state index in [4.69, 9.17) is 11.6 Å². The highest BCUT2D eigenvalue weighted by Gasteiger charge is 2.34. The third-order valence-corrected chi connectivity index (χ3v) is 7.02. The van der Waals surface area contributed by atoms with Gasteiger partial charge in [0, 0.05) is 23.0 Å². The zero-order valence-electron chi connectivity index (χ0n) is 13.8. The Kier molecular flexibility index (Phi) is 5.48. The summed E-state index contributed by atoms with van der Waals surface area (Å²) in [6, 6.07) is 10.1. The van der Waals surface area contributed by atoms with Crippen LogP contribution >= 0.6 is 22.9 Å². The van der Waals surface area contributed by atoms with Crippen molar-refractivity contribution in [2.75, 3.05) is 13.6 Å². The number of thiophene rings is 1. The molecule has 0 spiro atoms. The number of hydrogen-bond acceptors (Lipinski definition) is 4. The Labute approximate surface area is 156 Å². The van der Waals surface area contributed by atoms with Crippen LogP contribution in [0.5, 0.6) is 0 Å². The summed E-state index contributed by atoms with van der Waals surface area (Å²) in [4.78, 5) is 15.7. The van der Waals surface area contributed by atoms with Crippen LogP contribution in [0.15, 0.2) is 46.7 Å². The first-order chi connectivity index (χ1) is 11.9. The Morgan fingerprint density at radius 1 is 1.24 bits per heavy atom. The van der Waals surface area contributed by atoms with E-state index in [1.54, 1.807) is 16.2 Å². The summed E-state index contributed by atoms with van der Waals surface area (Å²) in [7, 11) is -2.29. The summed E-state index contributed by atoms with van der Waals surface area (Å²) in [5, 5.41) is 2.44. The number of nitrogens with zero attached hydrogens (tertiary/aromatic N) is 2. The van der Waals surface area contributed by atoms with Crippen LogP contribution in [0.2, 0.25) is 5.02 Å². The molecule has 0 aliphatic heterocycles. The van der Waals surface area contributed by atoms with Gasteiger partial charge >= 0.3 is 0 Å². The fourth-order valence-corrected chi connectivity index (χ4v) is 4.48. The minimum atomic E-state index is -3.72. The molecule has 1 aliphatic rings. The number of rotatable bonds is 7. The molecule has 0 N–H and O–H groups in total. The zero-order valence-corrected chi connectivity index (χ0v) is 16.1. The van der Waals surface area contributed by atoms with Crippen molar-refractivity contribution in [1.29, 1.82) is 0 Å². The highest BCUT2D eigenvalue weighted by Crippen LogP contribution is 2.29. The van der Waals surface area contributed by atoms with Crippen LogP contribution < -0.4 is 0 Å². The summed E-state index contributed by atoms with van der Waals surface area (Å²) in [6.07, 6.45) is 1.95. The van der Waals surface area contributed by atoms with Gasteiger partial charge in [-0.15, -0.1) is 11.3 Å². The maximum atomic E-state index is 12.7. The van der Waals surface area contributed by atoms with E-state index in [0.29, 0.717) is 11.6 Å². The van der Waals surface area contributed by atoms with Crippen LogP contribution in [-0.2, 0) is 21.4 Å². The van der Waals surface area contributed by atoms with Crippen molar-refractivity contribution in [3.63, 3.8) is 0 Å². The Morgan fingerprint density at radius 2 is 1.92 bits per heavy atom. The SMILES string of the molecule is CN(CC(=O)N(Cc1cccs1)C1CC1)S(=O)(=O)c1ccc(Cl)cc1. The average molecular weight is 399 g/mol. The Morgan fingerprint density at radius 3 is 2.48 bits per heavy atom. The molecule has 1 heterocycles. The van der Waals surface area contributed by atoms with Crippen molar-refractivity contribution in [3.8, 4) is 0 Å². The number of hydrogen-bond donors (Lipinski definition) is 0. The third kappa shape index (κ3) is 4.41. The number of likely N-dealkylation sites (N-methyl/N-ethyl adjacent to an activating group) is 1. The quantitative estimate of drug-likeness (QED) is 0.719. The Balaban J connectivity index is 1.70. The first-order valence-electron chi connectivity index (χ1n) is 7.91. The lowest BCUT2D eigenvalue weighted by Gasteiger charge is -2.25. The average Bonchev–Trinajstić information content (AvgIpc) is 3.28. The molecule has 0 bridgehead atoms. The second-order valence-electron chi connectivity index (χ2n) is 6.05. The summed E-state index contributed by atoms with van der Waals surface area (Å²) in [6.45, 7) is 0.364. The van der Waals surface area contributed by atoms with Gasteiger partial charge in [0.25, 0.3) is 0 Å². The van der Waals surface area contributed by atoms with Gasteiger partial charge in [-0.3, -0.25) is 4.79 Å². The number of sulfonamides is 1. The molecule has 3 rings (SSSR count). The van der Waals surface area contributed by atoms with Crippen LogP contribution in [0.25, 0.3) is 0 Å². The Bertz CT molecular complexity index is 831. The lowest BCUT2D eigenvalue weighted by Crippen LogP contribution is -2.41. The van der Waals surface area contributed by atoms with E-state index in [1.807, 2.05) is 17.5 Å². The number of carbonyl (C=O) groups is 1. The van der Waals surface area contributed by atoms with Gasteiger partial charge in [0.05, 0.1) is 18.0 Å². The molecule has 1 fully saturated rings. The van der Waals surface area contributed by atoms with Gasteiger partial charge in [-0.25, -0.2) is 8.42 Å². The molecule has 25 heavy (non-hydrogen) atoms. The predicted octanol–water partition coefficient (Wildman–Crippen LogP) is 3.21. The number of halogens is 1. The summed E-state index contributed by atoms with van der Waals surface area (Å²) >= 11 is 7.41. The lowest BCUT2D eigenvalue weighted by molar-refractivity contribution is -0.132.